The number of rotatable bonds is 2. The largest absolute Gasteiger partial charge is 0.504 e. The Kier molecular flexibility index (Phi) is 3.29. The number of pyridine rings is 1. The van der Waals surface area contributed by atoms with Crippen molar-refractivity contribution < 1.29 is 4.74 Å². The van der Waals surface area contributed by atoms with Gasteiger partial charge in [0, 0.05) is 16.4 Å². The Balaban J connectivity index is 2.97. The fourth-order valence-electron chi connectivity index (χ4n) is 0.833. The van der Waals surface area contributed by atoms with Crippen LogP contribution in [0.1, 0.15) is 11.3 Å². The molecule has 1 aromatic rings. The Morgan fingerprint density at radius 2 is 2.33 bits per heavy atom. The lowest BCUT2D eigenvalue weighted by molar-refractivity contribution is 0.341. The van der Waals surface area contributed by atoms with E-state index in [-0.39, 0.29) is 0 Å². The minimum absolute atomic E-state index is 0.976. The van der Waals surface area contributed by atoms with E-state index in [1.165, 1.54) is 0 Å². The molecule has 0 aromatic carbocycles. The molecule has 0 unspecified atom stereocenters. The van der Waals surface area contributed by atoms with E-state index < -0.39 is 0 Å². The van der Waals surface area contributed by atoms with Crippen LogP contribution in [0.5, 0.6) is 0 Å². The lowest BCUT2D eigenvalue weighted by atomic mass is 10.2. The zero-order chi connectivity index (χ0) is 8.97. The monoisotopic (exact) mass is 227 g/mol. The third-order valence-electron chi connectivity index (χ3n) is 1.48. The van der Waals surface area contributed by atoms with Crippen LogP contribution in [0, 0.1) is 6.92 Å². The van der Waals surface area contributed by atoms with E-state index in [1.807, 2.05) is 19.1 Å². The van der Waals surface area contributed by atoms with Crippen LogP contribution < -0.4 is 0 Å². The average molecular weight is 228 g/mol. The predicted molar refractivity (Wildman–Crippen MR) is 52.7 cm³/mol. The summed E-state index contributed by atoms with van der Waals surface area (Å²) >= 11 is 3.35. The number of hydrogen-bond donors (Lipinski definition) is 0. The van der Waals surface area contributed by atoms with Gasteiger partial charge in [0.15, 0.2) is 0 Å². The second-order valence-corrected chi connectivity index (χ2v) is 3.28. The molecular formula is C9H10BrNO. The van der Waals surface area contributed by atoms with Crippen LogP contribution >= 0.6 is 15.9 Å². The highest BCUT2D eigenvalue weighted by Crippen LogP contribution is 2.14. The first kappa shape index (κ1) is 9.26. The van der Waals surface area contributed by atoms with Gasteiger partial charge in [0.05, 0.1) is 13.4 Å². The van der Waals surface area contributed by atoms with Gasteiger partial charge in [0.25, 0.3) is 0 Å². The highest BCUT2D eigenvalue weighted by molar-refractivity contribution is 9.10. The van der Waals surface area contributed by atoms with E-state index in [9.17, 15) is 0 Å². The van der Waals surface area contributed by atoms with Gasteiger partial charge in [-0.05, 0) is 40.6 Å². The minimum Gasteiger partial charge on any atom is -0.504 e. The summed E-state index contributed by atoms with van der Waals surface area (Å²) in [6, 6.07) is 2.00. The molecule has 0 saturated carbocycles. The number of halogens is 1. The van der Waals surface area contributed by atoms with Crippen molar-refractivity contribution in [2.45, 2.75) is 6.92 Å². The molecule has 1 rings (SSSR count). The molecule has 0 atom stereocenters. The molecule has 0 amide bonds. The van der Waals surface area contributed by atoms with Crippen molar-refractivity contribution in [2.24, 2.45) is 0 Å². The Bertz CT molecular complexity index is 297. The molecule has 0 aliphatic heterocycles. The van der Waals surface area contributed by atoms with Crippen LogP contribution in [-0.2, 0) is 4.74 Å². The summed E-state index contributed by atoms with van der Waals surface area (Å²) in [6.45, 7) is 1.96. The maximum absolute atomic E-state index is 4.82. The third kappa shape index (κ3) is 2.34. The number of aromatic nitrogens is 1. The van der Waals surface area contributed by atoms with Gasteiger partial charge in [-0.1, -0.05) is 0 Å². The molecule has 2 nitrogen and oxygen atoms in total. The molecule has 0 aliphatic rings. The fourth-order valence-corrected chi connectivity index (χ4v) is 1.18. The molecule has 3 heteroatoms. The zero-order valence-corrected chi connectivity index (χ0v) is 8.63. The van der Waals surface area contributed by atoms with E-state index in [0.29, 0.717) is 0 Å². The van der Waals surface area contributed by atoms with Gasteiger partial charge >= 0.3 is 0 Å². The van der Waals surface area contributed by atoms with Crippen molar-refractivity contribution >= 4 is 22.0 Å². The zero-order valence-electron chi connectivity index (χ0n) is 7.04. The summed E-state index contributed by atoms with van der Waals surface area (Å²) in [5.41, 5.74) is 2.05. The Morgan fingerprint density at radius 1 is 1.58 bits per heavy atom. The maximum Gasteiger partial charge on any atom is 0.0831 e. The number of hydrogen-bond acceptors (Lipinski definition) is 2. The summed E-state index contributed by atoms with van der Waals surface area (Å²) in [7, 11) is 1.62. The lowest BCUT2D eigenvalue weighted by Gasteiger charge is -1.98. The highest BCUT2D eigenvalue weighted by Gasteiger charge is 1.95. The molecule has 0 radical (unpaired) electrons. The van der Waals surface area contributed by atoms with Crippen LogP contribution in [0.4, 0.5) is 0 Å². The normalized spacial score (nSPS) is 10.6. The first-order chi connectivity index (χ1) is 5.74. The third-order valence-corrected chi connectivity index (χ3v) is 1.91. The second-order valence-electron chi connectivity index (χ2n) is 2.37. The number of ether oxygens (including phenoxy) is 1. The fraction of sp³-hybridized carbons (Fsp3) is 0.222. The van der Waals surface area contributed by atoms with Gasteiger partial charge in [-0.2, -0.15) is 0 Å². The quantitative estimate of drug-likeness (QED) is 0.726. The van der Waals surface area contributed by atoms with Crippen LogP contribution in [-0.4, -0.2) is 12.1 Å². The van der Waals surface area contributed by atoms with Gasteiger partial charge in [0.2, 0.25) is 0 Å². The Hall–Kier alpha value is -0.830. The Morgan fingerprint density at radius 3 is 3.00 bits per heavy atom. The maximum atomic E-state index is 4.82. The van der Waals surface area contributed by atoms with Gasteiger partial charge in [0.1, 0.15) is 0 Å². The second kappa shape index (κ2) is 4.26. The van der Waals surface area contributed by atoms with Crippen molar-refractivity contribution in [3.63, 3.8) is 0 Å². The van der Waals surface area contributed by atoms with Crippen molar-refractivity contribution in [1.29, 1.82) is 0 Å². The summed E-state index contributed by atoms with van der Waals surface area (Å²) in [6.07, 6.45) is 5.29. The summed E-state index contributed by atoms with van der Waals surface area (Å²) in [4.78, 5) is 4.18. The molecule has 64 valence electrons. The highest BCUT2D eigenvalue weighted by atomic mass is 79.9. The standard InChI is InChI=1S/C9H10BrNO/c1-7-8(3-4-12-2)5-9(10)6-11-7/h3-6H,1-2H3/b4-3+. The van der Waals surface area contributed by atoms with Gasteiger partial charge < -0.3 is 4.74 Å². The van der Waals surface area contributed by atoms with Gasteiger partial charge in [-0.3, -0.25) is 4.98 Å². The van der Waals surface area contributed by atoms with Crippen LogP contribution in [0.15, 0.2) is 23.0 Å². The summed E-state index contributed by atoms with van der Waals surface area (Å²) < 4.78 is 5.79. The van der Waals surface area contributed by atoms with Crippen molar-refractivity contribution in [3.05, 3.63) is 34.3 Å². The molecule has 0 N–H and O–H groups in total. The van der Waals surface area contributed by atoms with E-state index in [1.54, 1.807) is 19.6 Å². The number of methoxy groups -OCH3 is 1. The molecule has 0 saturated heterocycles. The van der Waals surface area contributed by atoms with Crippen molar-refractivity contribution in [1.82, 2.24) is 4.98 Å². The van der Waals surface area contributed by atoms with Crippen LogP contribution in [0.3, 0.4) is 0 Å². The first-order valence-electron chi connectivity index (χ1n) is 3.55. The van der Waals surface area contributed by atoms with E-state index >= 15 is 0 Å². The number of aryl methyl sites for hydroxylation is 1. The van der Waals surface area contributed by atoms with Crippen LogP contribution in [0.2, 0.25) is 0 Å². The minimum atomic E-state index is 0.976. The van der Waals surface area contributed by atoms with E-state index in [2.05, 4.69) is 20.9 Å². The van der Waals surface area contributed by atoms with Gasteiger partial charge in [-0.15, -0.1) is 0 Å². The van der Waals surface area contributed by atoms with Gasteiger partial charge in [-0.25, -0.2) is 0 Å². The summed E-state index contributed by atoms with van der Waals surface area (Å²) in [5.74, 6) is 0. The van der Waals surface area contributed by atoms with Crippen molar-refractivity contribution in [2.75, 3.05) is 7.11 Å². The molecule has 0 aliphatic carbocycles. The molecule has 0 fully saturated rings. The topological polar surface area (TPSA) is 22.1 Å². The predicted octanol–water partition coefficient (Wildman–Crippen LogP) is 2.77. The Labute approximate surface area is 80.4 Å². The molecule has 1 heterocycles. The molecular weight excluding hydrogens is 218 g/mol. The average Bonchev–Trinajstić information content (AvgIpc) is 2.07. The molecule has 1 aromatic heterocycles. The molecule has 12 heavy (non-hydrogen) atoms. The molecule has 0 bridgehead atoms. The SMILES string of the molecule is CO/C=C/c1cc(Br)cnc1C. The first-order valence-corrected chi connectivity index (χ1v) is 4.35. The lowest BCUT2D eigenvalue weighted by Crippen LogP contribution is -1.85. The summed E-state index contributed by atoms with van der Waals surface area (Å²) in [5, 5.41) is 0. The number of nitrogens with zero attached hydrogens (tertiary/aromatic N) is 1. The van der Waals surface area contributed by atoms with E-state index in [0.717, 1.165) is 15.7 Å². The van der Waals surface area contributed by atoms with Crippen molar-refractivity contribution in [3.8, 4) is 0 Å². The smallest absolute Gasteiger partial charge is 0.0831 e. The van der Waals surface area contributed by atoms with E-state index in [4.69, 9.17) is 4.74 Å². The molecule has 0 spiro atoms. The van der Waals surface area contributed by atoms with Crippen LogP contribution in [0.25, 0.3) is 6.08 Å².